The van der Waals surface area contributed by atoms with Gasteiger partial charge in [-0.25, -0.2) is 0 Å². The van der Waals surface area contributed by atoms with Gasteiger partial charge in [-0.15, -0.1) is 11.3 Å². The van der Waals surface area contributed by atoms with Crippen LogP contribution < -0.4 is 5.32 Å². The molecule has 1 spiro atoms. The van der Waals surface area contributed by atoms with Crippen molar-refractivity contribution < 1.29 is 4.74 Å². The zero-order valence-electron chi connectivity index (χ0n) is 12.2. The minimum atomic E-state index is 0.160. The molecule has 6 heteroatoms. The van der Waals surface area contributed by atoms with Crippen molar-refractivity contribution in [1.82, 2.24) is 5.32 Å². The van der Waals surface area contributed by atoms with E-state index in [0.717, 1.165) is 19.6 Å². The number of ether oxygens (including phenoxy) is 1. The van der Waals surface area contributed by atoms with Crippen molar-refractivity contribution in [3.63, 3.8) is 0 Å². The highest BCUT2D eigenvalue weighted by Gasteiger charge is 2.42. The maximum Gasteiger partial charge on any atom is 0.0843 e. The van der Waals surface area contributed by atoms with E-state index in [4.69, 9.17) is 4.74 Å². The summed E-state index contributed by atoms with van der Waals surface area (Å²) in [6, 6.07) is 2.72. The van der Waals surface area contributed by atoms with Gasteiger partial charge in [0, 0.05) is 27.8 Å². The average Bonchev–Trinajstić information content (AvgIpc) is 3.04. The first-order valence-electron chi connectivity index (χ1n) is 7.53. The molecule has 118 valence electrons. The van der Waals surface area contributed by atoms with Crippen molar-refractivity contribution in [3.8, 4) is 0 Å². The molecule has 1 aromatic heterocycles. The molecule has 0 saturated carbocycles. The summed E-state index contributed by atoms with van der Waals surface area (Å²) in [7, 11) is 0. The molecule has 0 aliphatic carbocycles. The van der Waals surface area contributed by atoms with Gasteiger partial charge in [-0.2, -0.15) is 11.8 Å². The third-order valence-corrected chi connectivity index (χ3v) is 9.03. The molecule has 1 N–H and O–H groups in total. The van der Waals surface area contributed by atoms with Crippen molar-refractivity contribution in [2.45, 2.75) is 37.8 Å². The summed E-state index contributed by atoms with van der Waals surface area (Å²) >= 11 is 11.2. The van der Waals surface area contributed by atoms with E-state index in [1.165, 1.54) is 37.5 Å². The first-order chi connectivity index (χ1) is 10.1. The molecular weight excluding hydrogens is 434 g/mol. The van der Waals surface area contributed by atoms with Gasteiger partial charge < -0.3 is 10.1 Å². The Kier molecular flexibility index (Phi) is 5.77. The molecule has 2 saturated heterocycles. The summed E-state index contributed by atoms with van der Waals surface area (Å²) < 4.78 is 8.55. The van der Waals surface area contributed by atoms with E-state index in [1.54, 1.807) is 0 Å². The van der Waals surface area contributed by atoms with Gasteiger partial charge in [0.05, 0.1) is 9.39 Å². The highest BCUT2D eigenvalue weighted by atomic mass is 79.9. The van der Waals surface area contributed by atoms with Gasteiger partial charge in [-0.1, -0.05) is 6.92 Å². The molecule has 3 atom stereocenters. The van der Waals surface area contributed by atoms with Crippen molar-refractivity contribution >= 4 is 55.0 Å². The molecule has 0 bridgehead atoms. The fourth-order valence-corrected chi connectivity index (χ4v) is 7.09. The smallest absolute Gasteiger partial charge is 0.0843 e. The van der Waals surface area contributed by atoms with E-state index in [-0.39, 0.29) is 5.60 Å². The van der Waals surface area contributed by atoms with Crippen molar-refractivity contribution in [2.24, 2.45) is 5.92 Å². The van der Waals surface area contributed by atoms with Crippen LogP contribution in [0.25, 0.3) is 0 Å². The van der Waals surface area contributed by atoms with E-state index in [0.29, 0.717) is 12.0 Å². The summed E-state index contributed by atoms with van der Waals surface area (Å²) in [5.41, 5.74) is 0.160. The number of hydrogen-bond donors (Lipinski definition) is 1. The van der Waals surface area contributed by atoms with Crippen LogP contribution in [0.2, 0.25) is 0 Å². The summed E-state index contributed by atoms with van der Waals surface area (Å²) in [6.07, 6.45) is 3.59. The highest BCUT2D eigenvalue weighted by molar-refractivity contribution is 9.13. The molecule has 3 unspecified atom stereocenters. The van der Waals surface area contributed by atoms with Crippen LogP contribution in [0.5, 0.6) is 0 Å². The van der Waals surface area contributed by atoms with Crippen LogP contribution in [0.15, 0.2) is 14.3 Å². The van der Waals surface area contributed by atoms with Crippen molar-refractivity contribution in [1.29, 1.82) is 0 Å². The van der Waals surface area contributed by atoms with Gasteiger partial charge in [-0.3, -0.25) is 0 Å². The molecule has 2 nitrogen and oxygen atoms in total. The van der Waals surface area contributed by atoms with Crippen LogP contribution in [-0.4, -0.2) is 30.3 Å². The molecule has 3 heterocycles. The standard InChI is InChI=1S/C15H21Br2NOS2/c1-2-18-13(12-7-11(16)14(17)21-12)10-3-5-19-15(8-10)4-6-20-9-15/h7,10,13,18H,2-6,8-9H2,1H3. The fraction of sp³-hybridized carbons (Fsp3) is 0.733. The Morgan fingerprint density at radius 3 is 3.00 bits per heavy atom. The summed E-state index contributed by atoms with van der Waals surface area (Å²) in [5, 5.41) is 3.72. The van der Waals surface area contributed by atoms with E-state index in [2.05, 4.69) is 61.9 Å². The Labute approximate surface area is 152 Å². The Bertz CT molecular complexity index is 469. The van der Waals surface area contributed by atoms with Crippen molar-refractivity contribution in [3.05, 3.63) is 19.2 Å². The van der Waals surface area contributed by atoms with Crippen LogP contribution in [0, 0.1) is 5.92 Å². The maximum absolute atomic E-state index is 6.19. The van der Waals surface area contributed by atoms with Crippen molar-refractivity contribution in [2.75, 3.05) is 24.7 Å². The number of thioether (sulfide) groups is 1. The third kappa shape index (κ3) is 3.72. The minimum absolute atomic E-state index is 0.160. The van der Waals surface area contributed by atoms with Crippen LogP contribution in [0.4, 0.5) is 0 Å². The SMILES string of the molecule is CCNC(c1cc(Br)c(Br)s1)C1CCOC2(CCSC2)C1. The average molecular weight is 455 g/mol. The van der Waals surface area contributed by atoms with E-state index in [9.17, 15) is 0 Å². The van der Waals surface area contributed by atoms with Gasteiger partial charge in [-0.05, 0) is 75.4 Å². The monoisotopic (exact) mass is 453 g/mol. The quantitative estimate of drug-likeness (QED) is 0.673. The van der Waals surface area contributed by atoms with Crippen LogP contribution in [-0.2, 0) is 4.74 Å². The highest BCUT2D eigenvalue weighted by Crippen LogP contribution is 2.46. The van der Waals surface area contributed by atoms with Crippen LogP contribution in [0.3, 0.4) is 0 Å². The Morgan fingerprint density at radius 2 is 2.38 bits per heavy atom. The maximum atomic E-state index is 6.19. The largest absolute Gasteiger partial charge is 0.374 e. The number of halogens is 2. The van der Waals surface area contributed by atoms with Gasteiger partial charge in [0.25, 0.3) is 0 Å². The summed E-state index contributed by atoms with van der Waals surface area (Å²) in [5.74, 6) is 3.12. The van der Waals surface area contributed by atoms with Gasteiger partial charge >= 0.3 is 0 Å². The molecule has 0 radical (unpaired) electrons. The van der Waals surface area contributed by atoms with Crippen LogP contribution >= 0.6 is 55.0 Å². The minimum Gasteiger partial charge on any atom is -0.374 e. The molecule has 3 rings (SSSR count). The summed E-state index contributed by atoms with van der Waals surface area (Å²) in [6.45, 7) is 4.13. The lowest BCUT2D eigenvalue weighted by Gasteiger charge is -2.41. The molecule has 21 heavy (non-hydrogen) atoms. The predicted molar refractivity (Wildman–Crippen MR) is 99.5 cm³/mol. The second kappa shape index (κ2) is 7.22. The molecule has 2 aliphatic rings. The van der Waals surface area contributed by atoms with E-state index >= 15 is 0 Å². The first-order valence-corrected chi connectivity index (χ1v) is 11.1. The molecular formula is C15H21Br2NOS2. The lowest BCUT2D eigenvalue weighted by molar-refractivity contribution is -0.0851. The Hall–Kier alpha value is 0.930. The zero-order valence-corrected chi connectivity index (χ0v) is 17.0. The number of hydrogen-bond acceptors (Lipinski definition) is 4. The van der Waals surface area contributed by atoms with Gasteiger partial charge in [0.1, 0.15) is 0 Å². The van der Waals surface area contributed by atoms with E-state index < -0.39 is 0 Å². The summed E-state index contributed by atoms with van der Waals surface area (Å²) in [4.78, 5) is 1.43. The number of nitrogens with one attached hydrogen (secondary N) is 1. The first kappa shape index (κ1) is 16.8. The Balaban J connectivity index is 1.79. The van der Waals surface area contributed by atoms with Gasteiger partial charge in [0.2, 0.25) is 0 Å². The molecule has 2 aliphatic heterocycles. The topological polar surface area (TPSA) is 21.3 Å². The zero-order chi connectivity index (χ0) is 14.9. The molecule has 0 aromatic carbocycles. The van der Waals surface area contributed by atoms with Crippen LogP contribution in [0.1, 0.15) is 37.1 Å². The predicted octanol–water partition coefficient (Wildman–Crippen LogP) is 5.23. The normalized spacial score (nSPS) is 30.9. The lowest BCUT2D eigenvalue weighted by Crippen LogP contribution is -2.43. The molecule has 0 amide bonds. The van der Waals surface area contributed by atoms with Gasteiger partial charge in [0.15, 0.2) is 0 Å². The Morgan fingerprint density at radius 1 is 1.52 bits per heavy atom. The molecule has 2 fully saturated rings. The lowest BCUT2D eigenvalue weighted by atomic mass is 9.80. The number of rotatable bonds is 4. The van der Waals surface area contributed by atoms with E-state index in [1.807, 2.05) is 11.3 Å². The number of thiophene rings is 1. The molecule has 1 aromatic rings. The second-order valence-corrected chi connectivity index (χ2v) is 10.3. The fourth-order valence-electron chi connectivity index (χ4n) is 3.45. The third-order valence-electron chi connectivity index (χ3n) is 4.46. The second-order valence-electron chi connectivity index (χ2n) is 5.89.